The molecule has 0 atom stereocenters. The fourth-order valence-corrected chi connectivity index (χ4v) is 5.34. The first-order valence-corrected chi connectivity index (χ1v) is 11.3. The van der Waals surface area contributed by atoms with E-state index in [-0.39, 0.29) is 0 Å². The highest BCUT2D eigenvalue weighted by atomic mass is 16.7. The fourth-order valence-electron chi connectivity index (χ4n) is 5.34. The molecule has 3 heterocycles. The molecular weight excluding hydrogens is 362 g/mol. The van der Waals surface area contributed by atoms with Crippen molar-refractivity contribution in [1.82, 2.24) is 0 Å². The lowest BCUT2D eigenvalue weighted by atomic mass is 10.0. The van der Waals surface area contributed by atoms with Crippen molar-refractivity contribution in [3.05, 3.63) is 59.7 Å². The molecule has 0 aromatic heterocycles. The van der Waals surface area contributed by atoms with Crippen LogP contribution in [-0.2, 0) is 13.1 Å². The predicted molar refractivity (Wildman–Crippen MR) is 112 cm³/mol. The first-order chi connectivity index (χ1) is 14.3. The molecule has 2 aromatic carbocycles. The van der Waals surface area contributed by atoms with Gasteiger partial charge in [-0.25, -0.2) is 0 Å². The van der Waals surface area contributed by atoms with Crippen LogP contribution in [0.15, 0.2) is 48.5 Å². The van der Waals surface area contributed by atoms with E-state index in [4.69, 9.17) is 9.47 Å². The van der Waals surface area contributed by atoms with Gasteiger partial charge in [-0.05, 0) is 18.2 Å². The molecule has 0 amide bonds. The largest absolute Gasteiger partial charge is 0.454 e. The van der Waals surface area contributed by atoms with Crippen molar-refractivity contribution >= 4 is 0 Å². The maximum atomic E-state index is 5.53. The van der Waals surface area contributed by atoms with Gasteiger partial charge in [-0.2, -0.15) is 0 Å². The number of hydrogen-bond acceptors (Lipinski definition) is 2. The second-order valence-electron chi connectivity index (χ2n) is 8.96. The Bertz CT molecular complexity index is 797. The molecule has 5 nitrogen and oxygen atoms in total. The van der Waals surface area contributed by atoms with E-state index in [1.54, 1.807) is 9.80 Å². The summed E-state index contributed by atoms with van der Waals surface area (Å²) >= 11 is 0. The summed E-state index contributed by atoms with van der Waals surface area (Å²) in [6.07, 6.45) is 2.77. The van der Waals surface area contributed by atoms with Crippen LogP contribution in [0.4, 0.5) is 0 Å². The molecule has 5 heteroatoms. The summed E-state index contributed by atoms with van der Waals surface area (Å²) in [4.78, 5) is 5.33. The van der Waals surface area contributed by atoms with E-state index in [1.807, 2.05) is 4.90 Å². The van der Waals surface area contributed by atoms with Gasteiger partial charge in [-0.1, -0.05) is 30.3 Å². The molecule has 0 unspecified atom stereocenters. The molecule has 3 aliphatic heterocycles. The Balaban J connectivity index is 1.07. The lowest BCUT2D eigenvalue weighted by molar-refractivity contribution is -1.04. The summed E-state index contributed by atoms with van der Waals surface area (Å²) in [5, 5.41) is 0. The van der Waals surface area contributed by atoms with E-state index >= 15 is 0 Å². The Kier molecular flexibility index (Phi) is 5.70. The molecule has 2 aromatic rings. The van der Waals surface area contributed by atoms with Crippen molar-refractivity contribution in [3.63, 3.8) is 0 Å². The Morgan fingerprint density at radius 3 is 2.17 bits per heavy atom. The van der Waals surface area contributed by atoms with Gasteiger partial charge in [0.05, 0.1) is 19.1 Å². The van der Waals surface area contributed by atoms with Gasteiger partial charge < -0.3 is 24.2 Å². The van der Waals surface area contributed by atoms with Crippen LogP contribution in [0.25, 0.3) is 0 Å². The minimum Gasteiger partial charge on any atom is -0.454 e. The zero-order chi connectivity index (χ0) is 19.5. The number of nitrogens with one attached hydrogen (secondary N) is 3. The molecule has 0 bridgehead atoms. The van der Waals surface area contributed by atoms with Crippen LogP contribution in [0.1, 0.15) is 24.0 Å². The standard InChI is InChI=1S/C24H31N3O2/c1-2-4-20(5-3-1)17-25-10-8-22(9-11-25)27-14-12-26(13-15-27)18-21-6-7-23-24(16-21)29-19-28-23/h1-7,16,22H,8-15,17-19H2/p+3. The quantitative estimate of drug-likeness (QED) is 0.603. The molecule has 3 N–H and O–H groups in total. The molecule has 5 rings (SSSR count). The molecule has 2 fully saturated rings. The molecule has 0 spiro atoms. The summed E-state index contributed by atoms with van der Waals surface area (Å²) in [5.74, 6) is 1.80. The Morgan fingerprint density at radius 1 is 0.690 bits per heavy atom. The van der Waals surface area contributed by atoms with Crippen LogP contribution in [0.2, 0.25) is 0 Å². The first kappa shape index (κ1) is 18.9. The monoisotopic (exact) mass is 396 g/mol. The summed E-state index contributed by atoms with van der Waals surface area (Å²) in [6, 6.07) is 18.3. The number of piperidine rings is 1. The predicted octanol–water partition coefficient (Wildman–Crippen LogP) is -1.05. The van der Waals surface area contributed by atoms with Crippen molar-refractivity contribution in [2.24, 2.45) is 0 Å². The third-order valence-electron chi connectivity index (χ3n) is 7.06. The van der Waals surface area contributed by atoms with Crippen molar-refractivity contribution < 1.29 is 24.2 Å². The number of hydrogen-bond donors (Lipinski definition) is 3. The normalized spacial score (nSPS) is 29.0. The zero-order valence-electron chi connectivity index (χ0n) is 17.3. The highest BCUT2D eigenvalue weighted by Gasteiger charge is 2.33. The maximum Gasteiger partial charge on any atom is 0.231 e. The van der Waals surface area contributed by atoms with Gasteiger partial charge in [0.1, 0.15) is 39.3 Å². The molecule has 154 valence electrons. The summed E-state index contributed by atoms with van der Waals surface area (Å²) < 4.78 is 11.0. The van der Waals surface area contributed by atoms with Crippen LogP contribution >= 0.6 is 0 Å². The van der Waals surface area contributed by atoms with Crippen LogP contribution < -0.4 is 24.2 Å². The van der Waals surface area contributed by atoms with Gasteiger partial charge in [0.25, 0.3) is 0 Å². The van der Waals surface area contributed by atoms with Gasteiger partial charge in [-0.15, -0.1) is 0 Å². The van der Waals surface area contributed by atoms with E-state index in [0.29, 0.717) is 6.79 Å². The lowest BCUT2D eigenvalue weighted by Crippen LogP contribution is -3.30. The zero-order valence-corrected chi connectivity index (χ0v) is 17.3. The SMILES string of the molecule is c1ccc(C[NH+]2CCC([NH+]3CC[NH+](Cc4ccc5c(c4)OCO5)CC3)CC2)cc1. The van der Waals surface area contributed by atoms with Crippen molar-refractivity contribution in [2.45, 2.75) is 32.0 Å². The highest BCUT2D eigenvalue weighted by Crippen LogP contribution is 2.32. The lowest BCUT2D eigenvalue weighted by Gasteiger charge is -2.37. The number of piperazine rings is 1. The van der Waals surface area contributed by atoms with E-state index in [0.717, 1.165) is 24.1 Å². The Labute approximate surface area is 173 Å². The Morgan fingerprint density at radius 2 is 1.38 bits per heavy atom. The van der Waals surface area contributed by atoms with Crippen molar-refractivity contribution in [3.8, 4) is 11.5 Å². The van der Waals surface area contributed by atoms with E-state index in [2.05, 4.69) is 48.5 Å². The summed E-state index contributed by atoms with van der Waals surface area (Å²) in [6.45, 7) is 10.5. The Hall–Kier alpha value is -2.08. The summed E-state index contributed by atoms with van der Waals surface area (Å²) in [7, 11) is 0. The average Bonchev–Trinajstić information content (AvgIpc) is 3.24. The minimum atomic E-state index is 0.361. The first-order valence-electron chi connectivity index (χ1n) is 11.3. The number of fused-ring (bicyclic) bond motifs is 1. The molecule has 29 heavy (non-hydrogen) atoms. The molecule has 2 saturated heterocycles. The van der Waals surface area contributed by atoms with Gasteiger partial charge in [0, 0.05) is 24.0 Å². The van der Waals surface area contributed by atoms with Gasteiger partial charge in [0.2, 0.25) is 6.79 Å². The number of ether oxygens (including phenoxy) is 2. The highest BCUT2D eigenvalue weighted by molar-refractivity contribution is 5.44. The van der Waals surface area contributed by atoms with E-state index < -0.39 is 0 Å². The van der Waals surface area contributed by atoms with Crippen LogP contribution in [-0.4, -0.2) is 52.1 Å². The van der Waals surface area contributed by atoms with E-state index in [9.17, 15) is 0 Å². The topological polar surface area (TPSA) is 31.8 Å². The number of likely N-dealkylation sites (tertiary alicyclic amines) is 1. The van der Waals surface area contributed by atoms with Crippen LogP contribution in [0.3, 0.4) is 0 Å². The van der Waals surface area contributed by atoms with Crippen LogP contribution in [0.5, 0.6) is 11.5 Å². The van der Waals surface area contributed by atoms with Gasteiger partial charge in [-0.3, -0.25) is 0 Å². The van der Waals surface area contributed by atoms with Crippen molar-refractivity contribution in [2.75, 3.05) is 46.1 Å². The average molecular weight is 397 g/mol. The fraction of sp³-hybridized carbons (Fsp3) is 0.500. The van der Waals surface area contributed by atoms with Crippen molar-refractivity contribution in [1.29, 1.82) is 0 Å². The number of quaternary nitrogens is 3. The maximum absolute atomic E-state index is 5.53. The molecule has 0 radical (unpaired) electrons. The van der Waals surface area contributed by atoms with Gasteiger partial charge in [0.15, 0.2) is 11.5 Å². The molecular formula is C24H34N3O2+3. The second kappa shape index (κ2) is 8.74. The minimum absolute atomic E-state index is 0.361. The third-order valence-corrected chi connectivity index (χ3v) is 7.06. The summed E-state index contributed by atoms with van der Waals surface area (Å²) in [5.41, 5.74) is 2.85. The van der Waals surface area contributed by atoms with E-state index in [1.165, 1.54) is 69.8 Å². The third kappa shape index (κ3) is 4.58. The smallest absolute Gasteiger partial charge is 0.231 e. The van der Waals surface area contributed by atoms with Crippen LogP contribution in [0, 0.1) is 0 Å². The van der Waals surface area contributed by atoms with Gasteiger partial charge >= 0.3 is 0 Å². The molecule has 3 aliphatic rings. The molecule has 0 saturated carbocycles. The second-order valence-corrected chi connectivity index (χ2v) is 8.96. The molecule has 0 aliphatic carbocycles. The number of rotatable bonds is 5. The number of benzene rings is 2.